The van der Waals surface area contributed by atoms with Gasteiger partial charge in [0, 0.05) is 17.9 Å². The van der Waals surface area contributed by atoms with Crippen LogP contribution >= 0.6 is 0 Å². The maximum atomic E-state index is 12.8. The lowest BCUT2D eigenvalue weighted by Gasteiger charge is -2.17. The molecular weight excluding hydrogens is 219 g/mol. The number of hydrogen-bond acceptors (Lipinski definition) is 4. The van der Waals surface area contributed by atoms with Gasteiger partial charge < -0.3 is 16.5 Å². The molecule has 0 saturated heterocycles. The van der Waals surface area contributed by atoms with Crippen LogP contribution in [0.25, 0.3) is 0 Å². The highest BCUT2D eigenvalue weighted by Gasteiger charge is 2.25. The van der Waals surface area contributed by atoms with E-state index in [2.05, 4.69) is 0 Å². The molecule has 0 radical (unpaired) electrons. The summed E-state index contributed by atoms with van der Waals surface area (Å²) in [6.45, 7) is 0. The maximum Gasteiger partial charge on any atom is 0.123 e. The fourth-order valence-electron chi connectivity index (χ4n) is 1.59. The van der Waals surface area contributed by atoms with E-state index in [1.807, 2.05) is 0 Å². The molecule has 0 aromatic heterocycles. The zero-order chi connectivity index (χ0) is 12.4. The van der Waals surface area contributed by atoms with Crippen molar-refractivity contribution in [2.75, 3.05) is 0 Å². The lowest BCUT2D eigenvalue weighted by Crippen LogP contribution is -2.30. The summed E-state index contributed by atoms with van der Waals surface area (Å²) < 4.78 is 12.8. The van der Waals surface area contributed by atoms with Crippen LogP contribution in [-0.4, -0.2) is 11.1 Å². The molecule has 0 amide bonds. The monoisotopic (exact) mass is 236 g/mol. The largest absolute Gasteiger partial charge is 0.399 e. The molecule has 4 nitrogen and oxygen atoms in total. The standard InChI is InChI=1S/C12H17FN4/c13-9-3-1-8(2-4-9)12(15)11(14)7-17(16)10-5-6-10/h1-4,7,10,12H,5-6,14-16H2/b11-7-. The topological polar surface area (TPSA) is 81.3 Å². The van der Waals surface area contributed by atoms with E-state index in [1.165, 1.54) is 12.1 Å². The molecule has 0 aliphatic heterocycles. The lowest BCUT2D eigenvalue weighted by atomic mass is 10.1. The molecular formula is C12H17FN4. The highest BCUT2D eigenvalue weighted by Crippen LogP contribution is 2.25. The average molecular weight is 236 g/mol. The van der Waals surface area contributed by atoms with Gasteiger partial charge >= 0.3 is 0 Å². The van der Waals surface area contributed by atoms with E-state index in [0.29, 0.717) is 11.7 Å². The molecule has 2 rings (SSSR count). The zero-order valence-corrected chi connectivity index (χ0v) is 9.51. The van der Waals surface area contributed by atoms with E-state index < -0.39 is 6.04 Å². The summed E-state index contributed by atoms with van der Waals surface area (Å²) in [6, 6.07) is 5.90. The van der Waals surface area contributed by atoms with E-state index in [0.717, 1.165) is 18.4 Å². The summed E-state index contributed by atoms with van der Waals surface area (Å²) in [5, 5.41) is 1.60. The van der Waals surface area contributed by atoms with E-state index in [4.69, 9.17) is 17.3 Å². The zero-order valence-electron chi connectivity index (χ0n) is 9.51. The van der Waals surface area contributed by atoms with Crippen LogP contribution < -0.4 is 17.3 Å². The van der Waals surface area contributed by atoms with E-state index in [1.54, 1.807) is 23.3 Å². The number of rotatable bonds is 4. The molecule has 0 bridgehead atoms. The third-order valence-corrected chi connectivity index (χ3v) is 2.85. The maximum absolute atomic E-state index is 12.8. The SMILES string of the molecule is N/C(=C\N(N)C1CC1)C(N)c1ccc(F)cc1. The first-order valence-electron chi connectivity index (χ1n) is 5.59. The summed E-state index contributed by atoms with van der Waals surface area (Å²) in [6.07, 6.45) is 3.84. The van der Waals surface area contributed by atoms with Gasteiger partial charge in [-0.15, -0.1) is 0 Å². The molecule has 1 fully saturated rings. The normalized spacial score (nSPS) is 17.9. The molecule has 1 aliphatic carbocycles. The predicted octanol–water partition coefficient (Wildman–Crippen LogP) is 0.964. The van der Waals surface area contributed by atoms with Crippen LogP contribution in [0, 0.1) is 5.82 Å². The summed E-state index contributed by atoms with van der Waals surface area (Å²) in [5.74, 6) is 5.49. The van der Waals surface area contributed by atoms with Gasteiger partial charge in [-0.2, -0.15) is 0 Å². The first kappa shape index (κ1) is 11.9. The number of nitrogens with two attached hydrogens (primary N) is 3. The molecule has 92 valence electrons. The number of hydrogen-bond donors (Lipinski definition) is 3. The molecule has 1 aliphatic rings. The summed E-state index contributed by atoms with van der Waals surface area (Å²) in [7, 11) is 0. The highest BCUT2D eigenvalue weighted by atomic mass is 19.1. The Morgan fingerprint density at radius 1 is 1.35 bits per heavy atom. The Balaban J connectivity index is 2.07. The Morgan fingerprint density at radius 2 is 1.94 bits per heavy atom. The number of benzene rings is 1. The second kappa shape index (κ2) is 4.73. The second-order valence-corrected chi connectivity index (χ2v) is 4.34. The molecule has 1 atom stereocenters. The van der Waals surface area contributed by atoms with Gasteiger partial charge in [0.05, 0.1) is 6.04 Å². The van der Waals surface area contributed by atoms with Crippen LogP contribution in [0.2, 0.25) is 0 Å². The van der Waals surface area contributed by atoms with Gasteiger partial charge in [-0.25, -0.2) is 10.2 Å². The predicted molar refractivity (Wildman–Crippen MR) is 64.6 cm³/mol. The van der Waals surface area contributed by atoms with Crippen molar-refractivity contribution in [3.8, 4) is 0 Å². The van der Waals surface area contributed by atoms with Crippen LogP contribution in [-0.2, 0) is 0 Å². The summed E-state index contributed by atoms with van der Waals surface area (Å²) in [4.78, 5) is 0. The smallest absolute Gasteiger partial charge is 0.123 e. The molecule has 6 N–H and O–H groups in total. The molecule has 1 aromatic carbocycles. The minimum atomic E-state index is -0.458. The minimum absolute atomic E-state index is 0.290. The van der Waals surface area contributed by atoms with E-state index >= 15 is 0 Å². The third-order valence-electron chi connectivity index (χ3n) is 2.85. The quantitative estimate of drug-likeness (QED) is 0.537. The Hall–Kier alpha value is -1.59. The highest BCUT2D eigenvalue weighted by molar-refractivity contribution is 5.26. The molecule has 1 aromatic rings. The van der Waals surface area contributed by atoms with Crippen molar-refractivity contribution < 1.29 is 4.39 Å². The van der Waals surface area contributed by atoms with Gasteiger partial charge in [-0.05, 0) is 30.5 Å². The van der Waals surface area contributed by atoms with Gasteiger partial charge in [-0.1, -0.05) is 12.1 Å². The molecule has 0 heterocycles. The number of nitrogens with zero attached hydrogens (tertiary/aromatic N) is 1. The molecule has 17 heavy (non-hydrogen) atoms. The van der Waals surface area contributed by atoms with Crippen molar-refractivity contribution in [3.05, 3.63) is 47.5 Å². The van der Waals surface area contributed by atoms with Gasteiger partial charge in [0.2, 0.25) is 0 Å². The Bertz CT molecular complexity index is 411. The van der Waals surface area contributed by atoms with Crippen LogP contribution in [0.4, 0.5) is 4.39 Å². The van der Waals surface area contributed by atoms with Crippen molar-refractivity contribution in [1.82, 2.24) is 5.01 Å². The van der Waals surface area contributed by atoms with Gasteiger partial charge in [0.25, 0.3) is 0 Å². The Labute approximate surface area is 99.8 Å². The van der Waals surface area contributed by atoms with Crippen LogP contribution in [0.5, 0.6) is 0 Å². The van der Waals surface area contributed by atoms with Gasteiger partial charge in [0.15, 0.2) is 0 Å². The van der Waals surface area contributed by atoms with Crippen molar-refractivity contribution in [1.29, 1.82) is 0 Å². The van der Waals surface area contributed by atoms with Crippen molar-refractivity contribution in [3.63, 3.8) is 0 Å². The van der Waals surface area contributed by atoms with Gasteiger partial charge in [-0.3, -0.25) is 0 Å². The minimum Gasteiger partial charge on any atom is -0.399 e. The van der Waals surface area contributed by atoms with E-state index in [-0.39, 0.29) is 5.82 Å². The van der Waals surface area contributed by atoms with Gasteiger partial charge in [0.1, 0.15) is 5.82 Å². The van der Waals surface area contributed by atoms with Crippen molar-refractivity contribution in [2.24, 2.45) is 17.3 Å². The van der Waals surface area contributed by atoms with Crippen LogP contribution in [0.15, 0.2) is 36.2 Å². The summed E-state index contributed by atoms with van der Waals surface area (Å²) in [5.41, 5.74) is 13.1. The molecule has 1 unspecified atom stereocenters. The van der Waals surface area contributed by atoms with Crippen molar-refractivity contribution in [2.45, 2.75) is 24.9 Å². The second-order valence-electron chi connectivity index (χ2n) is 4.34. The third kappa shape index (κ3) is 2.95. The first-order chi connectivity index (χ1) is 8.08. The van der Waals surface area contributed by atoms with E-state index in [9.17, 15) is 4.39 Å². The lowest BCUT2D eigenvalue weighted by molar-refractivity contribution is 0.377. The molecule has 0 spiro atoms. The number of hydrazine groups is 1. The Kier molecular flexibility index (Phi) is 3.31. The Morgan fingerprint density at radius 3 is 2.47 bits per heavy atom. The van der Waals surface area contributed by atoms with Crippen molar-refractivity contribution >= 4 is 0 Å². The average Bonchev–Trinajstić information content (AvgIpc) is 3.12. The van der Waals surface area contributed by atoms with Crippen LogP contribution in [0.1, 0.15) is 24.4 Å². The summed E-state index contributed by atoms with van der Waals surface area (Å²) >= 11 is 0. The number of halogens is 1. The molecule has 1 saturated carbocycles. The first-order valence-corrected chi connectivity index (χ1v) is 5.59. The molecule has 5 heteroatoms. The fourth-order valence-corrected chi connectivity index (χ4v) is 1.59. The fraction of sp³-hybridized carbons (Fsp3) is 0.333. The van der Waals surface area contributed by atoms with Crippen LogP contribution in [0.3, 0.4) is 0 Å².